The molecule has 0 radical (unpaired) electrons. The van der Waals surface area contributed by atoms with E-state index >= 15 is 0 Å². The first kappa shape index (κ1) is 11.3. The summed E-state index contributed by atoms with van der Waals surface area (Å²) in [5, 5.41) is 6.41. The molecule has 3 N–H and O–H groups in total. The molecule has 0 unspecified atom stereocenters. The number of carbonyl (C=O) groups excluding carboxylic acids is 1. The summed E-state index contributed by atoms with van der Waals surface area (Å²) in [6.45, 7) is 0. The van der Waals surface area contributed by atoms with Crippen molar-refractivity contribution in [1.29, 1.82) is 0 Å². The molecule has 2 aromatic heterocycles. The number of aromatic amines is 1. The molecule has 1 aromatic carbocycles. The monoisotopic (exact) mass is 258 g/mol. The van der Waals surface area contributed by atoms with Crippen molar-refractivity contribution in [2.45, 2.75) is 6.42 Å². The van der Waals surface area contributed by atoms with Crippen molar-refractivity contribution in [3.8, 4) is 0 Å². The first-order valence-electron chi connectivity index (χ1n) is 5.57. The average Bonchev–Trinajstić information content (AvgIpc) is 2.95. The summed E-state index contributed by atoms with van der Waals surface area (Å²) in [4.78, 5) is 23.9. The van der Waals surface area contributed by atoms with Gasteiger partial charge in [-0.1, -0.05) is 0 Å². The minimum Gasteiger partial charge on any atom is -0.407 e. The van der Waals surface area contributed by atoms with Crippen molar-refractivity contribution >= 4 is 22.7 Å². The molecule has 0 saturated carbocycles. The molecule has 3 rings (SSSR count). The lowest BCUT2D eigenvalue weighted by molar-refractivity contribution is 0.0909. The Morgan fingerprint density at radius 1 is 1.42 bits per heavy atom. The van der Waals surface area contributed by atoms with E-state index in [0.717, 1.165) is 4.57 Å². The van der Waals surface area contributed by atoms with Crippen LogP contribution in [-0.4, -0.2) is 20.7 Å². The number of nitrogens with two attached hydrogens (primary N) is 1. The van der Waals surface area contributed by atoms with Gasteiger partial charge in [0.15, 0.2) is 5.58 Å². The fourth-order valence-corrected chi connectivity index (χ4v) is 1.89. The second-order valence-corrected chi connectivity index (χ2v) is 4.08. The fraction of sp³-hybridized carbons (Fsp3) is 0.0833. The van der Waals surface area contributed by atoms with Crippen LogP contribution in [0, 0.1) is 0 Å². The van der Waals surface area contributed by atoms with Crippen LogP contribution >= 0.6 is 0 Å². The van der Waals surface area contributed by atoms with Gasteiger partial charge in [-0.15, -0.1) is 0 Å². The van der Waals surface area contributed by atoms with Crippen LogP contribution in [0.3, 0.4) is 0 Å². The molecule has 3 aromatic rings. The molecule has 2 heterocycles. The lowest BCUT2D eigenvalue weighted by Crippen LogP contribution is -2.24. The smallest absolute Gasteiger partial charge is 0.407 e. The predicted octanol–water partition coefficient (Wildman–Crippen LogP) is 0.783. The van der Waals surface area contributed by atoms with Gasteiger partial charge in [-0.05, 0) is 24.3 Å². The average molecular weight is 258 g/mol. The van der Waals surface area contributed by atoms with E-state index in [1.807, 2.05) is 0 Å². The largest absolute Gasteiger partial charge is 0.426 e. The zero-order valence-electron chi connectivity index (χ0n) is 9.79. The van der Waals surface area contributed by atoms with Crippen molar-refractivity contribution in [3.05, 3.63) is 46.7 Å². The highest BCUT2D eigenvalue weighted by molar-refractivity contribution is 5.91. The van der Waals surface area contributed by atoms with Gasteiger partial charge in [0.1, 0.15) is 5.52 Å². The number of aromatic nitrogens is 3. The topological polar surface area (TPSA) is 107 Å². The van der Waals surface area contributed by atoms with Gasteiger partial charge in [0.25, 0.3) is 0 Å². The molecule has 7 nitrogen and oxygen atoms in total. The van der Waals surface area contributed by atoms with Gasteiger partial charge in [0.2, 0.25) is 5.91 Å². The number of hydrogen-bond donors (Lipinski definition) is 2. The summed E-state index contributed by atoms with van der Waals surface area (Å²) in [5.74, 6) is -1.12. The predicted molar refractivity (Wildman–Crippen MR) is 67.8 cm³/mol. The van der Waals surface area contributed by atoms with Gasteiger partial charge in [-0.2, -0.15) is 5.10 Å². The standard InChI is InChI=1S/C12H10N4O3/c13-7-1-2-10-9(5-7)16(12(18)19-10)11(17)6-8-3-4-14-15-8/h1-5H,6,13H2,(H,14,15). The Hall–Kier alpha value is -2.83. The number of nitrogens with zero attached hydrogens (tertiary/aromatic N) is 2. The molecule has 19 heavy (non-hydrogen) atoms. The summed E-state index contributed by atoms with van der Waals surface area (Å²) >= 11 is 0. The minimum atomic E-state index is -0.717. The molecular formula is C12H10N4O3. The first-order chi connectivity index (χ1) is 9.15. The number of H-pyrrole nitrogens is 1. The minimum absolute atomic E-state index is 0.0311. The van der Waals surface area contributed by atoms with Crippen LogP contribution < -0.4 is 11.5 Å². The maximum absolute atomic E-state index is 12.1. The van der Waals surface area contributed by atoms with E-state index < -0.39 is 11.7 Å². The second kappa shape index (κ2) is 4.13. The molecule has 0 bridgehead atoms. The Labute approximate surface area is 106 Å². The summed E-state index contributed by atoms with van der Waals surface area (Å²) in [6.07, 6.45) is 1.57. The third-order valence-corrected chi connectivity index (χ3v) is 2.75. The van der Waals surface area contributed by atoms with Gasteiger partial charge in [-0.25, -0.2) is 9.36 Å². The van der Waals surface area contributed by atoms with E-state index in [4.69, 9.17) is 10.2 Å². The van der Waals surface area contributed by atoms with E-state index in [1.54, 1.807) is 18.2 Å². The highest BCUT2D eigenvalue weighted by atomic mass is 16.4. The maximum Gasteiger partial charge on any atom is 0.426 e. The molecule has 0 aliphatic carbocycles. The quantitative estimate of drug-likeness (QED) is 0.660. The summed E-state index contributed by atoms with van der Waals surface area (Å²) in [6, 6.07) is 6.37. The third kappa shape index (κ3) is 1.90. The van der Waals surface area contributed by atoms with Crippen LogP contribution in [0.5, 0.6) is 0 Å². The van der Waals surface area contributed by atoms with Crippen LogP contribution in [0.15, 0.2) is 39.7 Å². The third-order valence-electron chi connectivity index (χ3n) is 2.75. The lowest BCUT2D eigenvalue weighted by Gasteiger charge is -2.00. The number of fused-ring (bicyclic) bond motifs is 1. The molecule has 0 atom stereocenters. The number of rotatable bonds is 2. The van der Waals surface area contributed by atoms with E-state index in [0.29, 0.717) is 22.5 Å². The number of benzene rings is 1. The SMILES string of the molecule is Nc1ccc2oc(=O)n(C(=O)Cc3ccn[nH]3)c2c1. The Balaban J connectivity index is 2.09. The molecule has 0 aliphatic rings. The molecule has 0 amide bonds. The molecule has 0 fully saturated rings. The molecule has 7 heteroatoms. The molecule has 0 spiro atoms. The van der Waals surface area contributed by atoms with Crippen molar-refractivity contribution in [2.24, 2.45) is 0 Å². The van der Waals surface area contributed by atoms with Crippen LogP contribution in [0.4, 0.5) is 5.69 Å². The van der Waals surface area contributed by atoms with Gasteiger partial charge in [0, 0.05) is 17.6 Å². The van der Waals surface area contributed by atoms with Crippen molar-refractivity contribution in [1.82, 2.24) is 14.8 Å². The molecule has 0 saturated heterocycles. The van der Waals surface area contributed by atoms with Crippen LogP contribution in [0.2, 0.25) is 0 Å². The number of anilines is 1. The number of hydrogen-bond acceptors (Lipinski definition) is 5. The highest BCUT2D eigenvalue weighted by Crippen LogP contribution is 2.16. The van der Waals surface area contributed by atoms with Crippen molar-refractivity contribution in [3.63, 3.8) is 0 Å². The zero-order chi connectivity index (χ0) is 13.4. The number of carbonyl (C=O) groups is 1. The second-order valence-electron chi connectivity index (χ2n) is 4.08. The molecular weight excluding hydrogens is 248 g/mol. The first-order valence-corrected chi connectivity index (χ1v) is 5.57. The van der Waals surface area contributed by atoms with Crippen molar-refractivity contribution in [2.75, 3.05) is 5.73 Å². The fourth-order valence-electron chi connectivity index (χ4n) is 1.89. The molecule has 96 valence electrons. The summed E-state index contributed by atoms with van der Waals surface area (Å²) in [7, 11) is 0. The highest BCUT2D eigenvalue weighted by Gasteiger charge is 2.16. The molecule has 0 aliphatic heterocycles. The Morgan fingerprint density at radius 2 is 2.26 bits per heavy atom. The van der Waals surface area contributed by atoms with Crippen LogP contribution in [-0.2, 0) is 6.42 Å². The normalized spacial score (nSPS) is 10.9. The van der Waals surface area contributed by atoms with E-state index in [2.05, 4.69) is 10.2 Å². The van der Waals surface area contributed by atoms with Crippen LogP contribution in [0.25, 0.3) is 11.1 Å². The van der Waals surface area contributed by atoms with Crippen molar-refractivity contribution < 1.29 is 9.21 Å². The van der Waals surface area contributed by atoms with Gasteiger partial charge in [-0.3, -0.25) is 9.89 Å². The Bertz CT molecular complexity index is 798. The number of oxazole rings is 1. The van der Waals surface area contributed by atoms with Gasteiger partial charge in [0.05, 0.1) is 6.42 Å². The van der Waals surface area contributed by atoms with E-state index in [9.17, 15) is 9.59 Å². The Kier molecular flexibility index (Phi) is 2.45. The van der Waals surface area contributed by atoms with Crippen LogP contribution in [0.1, 0.15) is 10.5 Å². The number of nitrogens with one attached hydrogen (secondary N) is 1. The summed E-state index contributed by atoms with van der Waals surface area (Å²) in [5.41, 5.74) is 7.43. The van der Waals surface area contributed by atoms with Gasteiger partial charge >= 0.3 is 5.76 Å². The zero-order valence-corrected chi connectivity index (χ0v) is 9.79. The summed E-state index contributed by atoms with van der Waals surface area (Å²) < 4.78 is 5.98. The lowest BCUT2D eigenvalue weighted by atomic mass is 10.2. The number of nitrogen functional groups attached to an aromatic ring is 1. The Morgan fingerprint density at radius 3 is 3.00 bits per heavy atom. The van der Waals surface area contributed by atoms with E-state index in [1.165, 1.54) is 12.3 Å². The maximum atomic E-state index is 12.1. The van der Waals surface area contributed by atoms with Gasteiger partial charge < -0.3 is 10.2 Å². The van der Waals surface area contributed by atoms with E-state index in [-0.39, 0.29) is 6.42 Å².